The normalized spacial score (nSPS) is 28.8. The standard InChI is InChI=1S/C10H17F3N2O2/c1-9(14,10(11,12)13)8(16)15-6-4-3-5-7(6)17-2/h6-7H,3-5,14H2,1-2H3,(H,15,16). The molecule has 0 heterocycles. The van der Waals surface area contributed by atoms with Gasteiger partial charge >= 0.3 is 6.18 Å². The van der Waals surface area contributed by atoms with Gasteiger partial charge in [-0.25, -0.2) is 0 Å². The van der Waals surface area contributed by atoms with Crippen molar-refractivity contribution in [3.05, 3.63) is 0 Å². The van der Waals surface area contributed by atoms with Gasteiger partial charge in [-0.2, -0.15) is 13.2 Å². The molecule has 100 valence electrons. The molecule has 1 rings (SSSR count). The molecule has 7 heteroatoms. The zero-order valence-electron chi connectivity index (χ0n) is 9.80. The van der Waals surface area contributed by atoms with Crippen LogP contribution >= 0.6 is 0 Å². The Balaban J connectivity index is 2.66. The Morgan fingerprint density at radius 3 is 2.47 bits per heavy atom. The molecule has 0 bridgehead atoms. The molecule has 3 unspecified atom stereocenters. The summed E-state index contributed by atoms with van der Waals surface area (Å²) in [6, 6.07) is -0.391. The van der Waals surface area contributed by atoms with Crippen LogP contribution in [0.1, 0.15) is 26.2 Å². The van der Waals surface area contributed by atoms with Crippen molar-refractivity contribution in [2.75, 3.05) is 7.11 Å². The molecule has 0 aromatic heterocycles. The molecule has 1 saturated carbocycles. The third kappa shape index (κ3) is 2.90. The number of hydrogen-bond donors (Lipinski definition) is 2. The molecule has 1 aliphatic rings. The van der Waals surface area contributed by atoms with Gasteiger partial charge in [0, 0.05) is 7.11 Å². The summed E-state index contributed by atoms with van der Waals surface area (Å²) in [6.45, 7) is 0.666. The number of carbonyl (C=O) groups excluding carboxylic acids is 1. The van der Waals surface area contributed by atoms with E-state index in [9.17, 15) is 18.0 Å². The number of rotatable bonds is 3. The lowest BCUT2D eigenvalue weighted by Crippen LogP contribution is -2.63. The number of ether oxygens (including phenoxy) is 1. The SMILES string of the molecule is COC1CCCC1NC(=O)C(C)(N)C(F)(F)F. The second kappa shape index (κ2) is 4.81. The number of methoxy groups -OCH3 is 1. The van der Waals surface area contributed by atoms with Crippen LogP contribution in [0.3, 0.4) is 0 Å². The van der Waals surface area contributed by atoms with Crippen LogP contribution in [0.15, 0.2) is 0 Å². The van der Waals surface area contributed by atoms with E-state index in [1.54, 1.807) is 0 Å². The topological polar surface area (TPSA) is 64.3 Å². The zero-order valence-corrected chi connectivity index (χ0v) is 9.80. The molecule has 17 heavy (non-hydrogen) atoms. The first-order valence-corrected chi connectivity index (χ1v) is 5.39. The van der Waals surface area contributed by atoms with Gasteiger partial charge in [-0.1, -0.05) is 0 Å². The third-order valence-corrected chi connectivity index (χ3v) is 3.13. The number of nitrogens with one attached hydrogen (secondary N) is 1. The molecule has 0 radical (unpaired) electrons. The highest BCUT2D eigenvalue weighted by atomic mass is 19.4. The fraction of sp³-hybridized carbons (Fsp3) is 0.900. The zero-order chi connectivity index (χ0) is 13.3. The van der Waals surface area contributed by atoms with Gasteiger partial charge in [0.15, 0.2) is 5.54 Å². The molecule has 0 saturated heterocycles. The van der Waals surface area contributed by atoms with Gasteiger partial charge in [0.1, 0.15) is 0 Å². The molecule has 3 N–H and O–H groups in total. The average Bonchev–Trinajstić information content (AvgIpc) is 2.63. The molecular weight excluding hydrogens is 237 g/mol. The molecule has 4 nitrogen and oxygen atoms in total. The quantitative estimate of drug-likeness (QED) is 0.788. The van der Waals surface area contributed by atoms with Crippen molar-refractivity contribution in [1.29, 1.82) is 0 Å². The summed E-state index contributed by atoms with van der Waals surface area (Å²) in [4.78, 5) is 11.5. The molecule has 1 amide bonds. The molecule has 0 aromatic rings. The van der Waals surface area contributed by atoms with Gasteiger partial charge in [0.25, 0.3) is 0 Å². The molecule has 1 fully saturated rings. The summed E-state index contributed by atoms with van der Waals surface area (Å²) >= 11 is 0. The number of carbonyl (C=O) groups is 1. The van der Waals surface area contributed by atoms with E-state index in [2.05, 4.69) is 5.32 Å². The second-order valence-corrected chi connectivity index (χ2v) is 4.49. The van der Waals surface area contributed by atoms with Gasteiger partial charge in [-0.15, -0.1) is 0 Å². The fourth-order valence-corrected chi connectivity index (χ4v) is 1.82. The summed E-state index contributed by atoms with van der Waals surface area (Å²) in [6.07, 6.45) is -2.84. The maximum atomic E-state index is 12.5. The molecule has 0 aliphatic heterocycles. The van der Waals surface area contributed by atoms with Crippen LogP contribution < -0.4 is 11.1 Å². The van der Waals surface area contributed by atoms with Gasteiger partial charge in [-0.3, -0.25) is 4.79 Å². The van der Waals surface area contributed by atoms with Gasteiger partial charge in [0.2, 0.25) is 5.91 Å². The molecular formula is C10H17F3N2O2. The Labute approximate surface area is 97.7 Å². The monoisotopic (exact) mass is 254 g/mol. The number of amides is 1. The van der Waals surface area contributed by atoms with Crippen LogP contribution in [0.5, 0.6) is 0 Å². The lowest BCUT2D eigenvalue weighted by Gasteiger charge is -2.29. The average molecular weight is 254 g/mol. The maximum Gasteiger partial charge on any atom is 0.415 e. The van der Waals surface area contributed by atoms with Crippen molar-refractivity contribution in [3.63, 3.8) is 0 Å². The first kappa shape index (κ1) is 14.2. The van der Waals surface area contributed by atoms with E-state index in [1.165, 1.54) is 7.11 Å². The first-order valence-electron chi connectivity index (χ1n) is 5.39. The number of nitrogens with two attached hydrogens (primary N) is 1. The second-order valence-electron chi connectivity index (χ2n) is 4.49. The highest BCUT2D eigenvalue weighted by Gasteiger charge is 2.54. The predicted octanol–water partition coefficient (Wildman–Crippen LogP) is 0.950. The van der Waals surface area contributed by atoms with Crippen molar-refractivity contribution >= 4 is 5.91 Å². The van der Waals surface area contributed by atoms with Crippen LogP contribution in [-0.4, -0.2) is 36.9 Å². The van der Waals surface area contributed by atoms with E-state index in [1.807, 2.05) is 0 Å². The largest absolute Gasteiger partial charge is 0.415 e. The third-order valence-electron chi connectivity index (χ3n) is 3.13. The molecule has 3 atom stereocenters. The van der Waals surface area contributed by atoms with Crippen LogP contribution in [-0.2, 0) is 9.53 Å². The molecule has 1 aliphatic carbocycles. The Bertz CT molecular complexity index is 292. The van der Waals surface area contributed by atoms with Crippen LogP contribution in [0.2, 0.25) is 0 Å². The van der Waals surface area contributed by atoms with E-state index in [4.69, 9.17) is 10.5 Å². The Morgan fingerprint density at radius 2 is 2.00 bits per heavy atom. The summed E-state index contributed by atoms with van der Waals surface area (Å²) in [5.74, 6) is -1.21. The first-order chi connectivity index (χ1) is 7.70. The van der Waals surface area contributed by atoms with Crippen molar-refractivity contribution in [1.82, 2.24) is 5.32 Å². The van der Waals surface area contributed by atoms with E-state index in [-0.39, 0.29) is 6.10 Å². The fourth-order valence-electron chi connectivity index (χ4n) is 1.82. The minimum Gasteiger partial charge on any atom is -0.379 e. The predicted molar refractivity (Wildman–Crippen MR) is 55.2 cm³/mol. The maximum absolute atomic E-state index is 12.5. The summed E-state index contributed by atoms with van der Waals surface area (Å²) in [5.41, 5.74) is 2.16. The van der Waals surface area contributed by atoms with Crippen molar-refractivity contribution < 1.29 is 22.7 Å². The minimum absolute atomic E-state index is 0.233. The van der Waals surface area contributed by atoms with E-state index >= 15 is 0 Å². The summed E-state index contributed by atoms with van der Waals surface area (Å²) < 4.78 is 42.6. The van der Waals surface area contributed by atoms with Crippen LogP contribution in [0.25, 0.3) is 0 Å². The van der Waals surface area contributed by atoms with Crippen LogP contribution in [0, 0.1) is 0 Å². The highest BCUT2D eigenvalue weighted by Crippen LogP contribution is 2.29. The van der Waals surface area contributed by atoms with Crippen molar-refractivity contribution in [3.8, 4) is 0 Å². The number of alkyl halides is 3. The van der Waals surface area contributed by atoms with Gasteiger partial charge in [-0.05, 0) is 26.2 Å². The highest BCUT2D eigenvalue weighted by molar-refractivity contribution is 5.86. The minimum atomic E-state index is -4.77. The van der Waals surface area contributed by atoms with Gasteiger partial charge < -0.3 is 15.8 Å². The van der Waals surface area contributed by atoms with E-state index < -0.39 is 23.7 Å². The lowest BCUT2D eigenvalue weighted by molar-refractivity contribution is -0.188. The van der Waals surface area contributed by atoms with Gasteiger partial charge in [0.05, 0.1) is 12.1 Å². The summed E-state index contributed by atoms with van der Waals surface area (Å²) in [7, 11) is 1.47. The van der Waals surface area contributed by atoms with Crippen LogP contribution in [0.4, 0.5) is 13.2 Å². The smallest absolute Gasteiger partial charge is 0.379 e. The van der Waals surface area contributed by atoms with Crippen molar-refractivity contribution in [2.24, 2.45) is 5.73 Å². The summed E-state index contributed by atoms with van der Waals surface area (Å²) in [5, 5.41) is 2.32. The lowest BCUT2D eigenvalue weighted by atomic mass is 10.0. The number of hydrogen-bond acceptors (Lipinski definition) is 3. The molecule has 0 aromatic carbocycles. The van der Waals surface area contributed by atoms with E-state index in [0.717, 1.165) is 12.8 Å². The Hall–Kier alpha value is -0.820. The van der Waals surface area contributed by atoms with E-state index in [0.29, 0.717) is 13.3 Å². The van der Waals surface area contributed by atoms with Crippen molar-refractivity contribution in [2.45, 2.75) is 50.0 Å². The Morgan fingerprint density at radius 1 is 1.41 bits per heavy atom. The Kier molecular flexibility index (Phi) is 4.03. The number of halogens is 3. The molecule has 0 spiro atoms.